The number of aryl methyl sites for hydroxylation is 1. The number of hydrogen-bond acceptors (Lipinski definition) is 2. The lowest BCUT2D eigenvalue weighted by atomic mass is 10.1. The summed E-state index contributed by atoms with van der Waals surface area (Å²) in [6, 6.07) is 10.6. The fourth-order valence-corrected chi connectivity index (χ4v) is 3.53. The first-order valence-electron chi connectivity index (χ1n) is 10.2. The van der Waals surface area contributed by atoms with Gasteiger partial charge >= 0.3 is 0 Å². The van der Waals surface area contributed by atoms with Gasteiger partial charge in [0, 0.05) is 19.2 Å². The van der Waals surface area contributed by atoms with Crippen LogP contribution in [0.5, 0.6) is 0 Å². The molecule has 154 valence electrons. The second-order valence-electron chi connectivity index (χ2n) is 7.23. The Morgan fingerprint density at radius 3 is 2.59 bits per heavy atom. The zero-order valence-electron chi connectivity index (χ0n) is 17.0. The van der Waals surface area contributed by atoms with Crippen LogP contribution in [0.2, 0.25) is 0 Å². The number of halogens is 2. The van der Waals surface area contributed by atoms with Gasteiger partial charge in [-0.2, -0.15) is 0 Å². The Balaban J connectivity index is 1.95. The zero-order valence-corrected chi connectivity index (χ0v) is 17.0. The molecule has 0 radical (unpaired) electrons. The summed E-state index contributed by atoms with van der Waals surface area (Å²) in [6.45, 7) is 5.65. The minimum atomic E-state index is -0.526. The Kier molecular flexibility index (Phi) is 6.96. The smallest absolute Gasteiger partial charge is 0.257 e. The molecule has 29 heavy (non-hydrogen) atoms. The van der Waals surface area contributed by atoms with E-state index < -0.39 is 5.82 Å². The third kappa shape index (κ3) is 4.81. The summed E-state index contributed by atoms with van der Waals surface area (Å²) in [5.41, 5.74) is 1.48. The van der Waals surface area contributed by atoms with Gasteiger partial charge in [0.15, 0.2) is 0 Å². The van der Waals surface area contributed by atoms with E-state index in [2.05, 4.69) is 18.8 Å². The highest BCUT2D eigenvalue weighted by Gasteiger charge is 2.22. The van der Waals surface area contributed by atoms with Gasteiger partial charge in [-0.25, -0.2) is 13.8 Å². The summed E-state index contributed by atoms with van der Waals surface area (Å²) in [6.07, 6.45) is 3.72. The van der Waals surface area contributed by atoms with Crippen LogP contribution < -0.4 is 0 Å². The van der Waals surface area contributed by atoms with E-state index in [-0.39, 0.29) is 23.8 Å². The number of benzene rings is 2. The van der Waals surface area contributed by atoms with E-state index in [1.54, 1.807) is 23.1 Å². The average molecular weight is 399 g/mol. The second kappa shape index (κ2) is 9.63. The molecule has 0 atom stereocenters. The molecule has 1 heterocycles. The first-order valence-corrected chi connectivity index (χ1v) is 10.2. The van der Waals surface area contributed by atoms with Gasteiger partial charge in [-0.1, -0.05) is 38.8 Å². The van der Waals surface area contributed by atoms with Gasteiger partial charge in [0.05, 0.1) is 23.1 Å². The first-order chi connectivity index (χ1) is 14.0. The van der Waals surface area contributed by atoms with Crippen molar-refractivity contribution in [2.45, 2.75) is 52.6 Å². The fourth-order valence-electron chi connectivity index (χ4n) is 3.53. The van der Waals surface area contributed by atoms with Crippen LogP contribution in [-0.2, 0) is 13.1 Å². The monoisotopic (exact) mass is 399 g/mol. The maximum Gasteiger partial charge on any atom is 0.257 e. The number of imidazole rings is 1. The summed E-state index contributed by atoms with van der Waals surface area (Å²) >= 11 is 0. The number of carbonyl (C=O) groups excluding carboxylic acids is 1. The van der Waals surface area contributed by atoms with Gasteiger partial charge in [-0.3, -0.25) is 4.79 Å². The first kappa shape index (κ1) is 21.0. The molecule has 0 saturated carbocycles. The van der Waals surface area contributed by atoms with Crippen LogP contribution >= 0.6 is 0 Å². The van der Waals surface area contributed by atoms with E-state index in [4.69, 9.17) is 0 Å². The lowest BCUT2D eigenvalue weighted by molar-refractivity contribution is 0.0729. The molecule has 0 aliphatic heterocycles. The maximum atomic E-state index is 14.2. The molecule has 2 aromatic carbocycles. The molecular weight excluding hydrogens is 372 g/mol. The number of amides is 1. The molecule has 0 bridgehead atoms. The van der Waals surface area contributed by atoms with Crippen molar-refractivity contribution in [3.05, 3.63) is 65.5 Å². The van der Waals surface area contributed by atoms with E-state index in [1.807, 2.05) is 4.57 Å². The van der Waals surface area contributed by atoms with Crippen molar-refractivity contribution in [3.63, 3.8) is 0 Å². The van der Waals surface area contributed by atoms with Crippen molar-refractivity contribution in [3.8, 4) is 0 Å². The van der Waals surface area contributed by atoms with Crippen LogP contribution in [0.4, 0.5) is 8.78 Å². The van der Waals surface area contributed by atoms with Gasteiger partial charge in [0.2, 0.25) is 0 Å². The van der Waals surface area contributed by atoms with Crippen molar-refractivity contribution < 1.29 is 13.6 Å². The number of fused-ring (bicyclic) bond motifs is 1. The topological polar surface area (TPSA) is 38.1 Å². The van der Waals surface area contributed by atoms with Crippen molar-refractivity contribution in [2.24, 2.45) is 0 Å². The molecule has 0 unspecified atom stereocenters. The minimum Gasteiger partial charge on any atom is -0.331 e. The standard InChI is InChI=1S/C23H27F2N3O/c1-3-5-8-14-27(23(29)18-9-6-7-10-19(18)25)16-22-26-20-15-17(24)11-12-21(20)28(22)13-4-2/h6-7,9-12,15H,3-5,8,13-14,16H2,1-2H3. The highest BCUT2D eigenvalue weighted by atomic mass is 19.1. The largest absolute Gasteiger partial charge is 0.331 e. The van der Waals surface area contributed by atoms with E-state index >= 15 is 0 Å². The Morgan fingerprint density at radius 1 is 1.07 bits per heavy atom. The molecule has 0 N–H and O–H groups in total. The quantitative estimate of drug-likeness (QED) is 0.442. The average Bonchev–Trinajstić information content (AvgIpc) is 3.03. The van der Waals surface area contributed by atoms with E-state index in [0.717, 1.165) is 31.2 Å². The number of aromatic nitrogens is 2. The fraction of sp³-hybridized carbons (Fsp3) is 0.391. The number of rotatable bonds is 9. The van der Waals surface area contributed by atoms with Crippen LogP contribution in [0.25, 0.3) is 11.0 Å². The summed E-state index contributed by atoms with van der Waals surface area (Å²) in [5, 5.41) is 0. The molecule has 1 amide bonds. The van der Waals surface area contributed by atoms with E-state index in [1.165, 1.54) is 24.3 Å². The summed E-state index contributed by atoms with van der Waals surface area (Å²) in [7, 11) is 0. The number of nitrogens with zero attached hydrogens (tertiary/aromatic N) is 3. The predicted molar refractivity (Wildman–Crippen MR) is 111 cm³/mol. The van der Waals surface area contributed by atoms with E-state index in [9.17, 15) is 13.6 Å². The molecule has 3 rings (SSSR count). The van der Waals surface area contributed by atoms with Gasteiger partial charge in [-0.15, -0.1) is 0 Å². The predicted octanol–water partition coefficient (Wildman–Crippen LogP) is 5.56. The molecule has 0 aliphatic carbocycles. The number of unbranched alkanes of at least 4 members (excludes halogenated alkanes) is 2. The number of hydrogen-bond donors (Lipinski definition) is 0. The Labute approximate surface area is 170 Å². The highest BCUT2D eigenvalue weighted by molar-refractivity contribution is 5.94. The second-order valence-corrected chi connectivity index (χ2v) is 7.23. The molecule has 0 aliphatic rings. The van der Waals surface area contributed by atoms with Crippen molar-refractivity contribution in [2.75, 3.05) is 6.54 Å². The third-order valence-corrected chi connectivity index (χ3v) is 4.99. The SMILES string of the molecule is CCCCCN(Cc1nc2cc(F)ccc2n1CCC)C(=O)c1ccccc1F. The molecule has 0 spiro atoms. The van der Waals surface area contributed by atoms with Crippen molar-refractivity contribution in [1.82, 2.24) is 14.5 Å². The van der Waals surface area contributed by atoms with Crippen molar-refractivity contribution >= 4 is 16.9 Å². The molecule has 0 saturated heterocycles. The normalized spacial score (nSPS) is 11.2. The Bertz CT molecular complexity index is 983. The molecule has 0 fully saturated rings. The maximum absolute atomic E-state index is 14.2. The summed E-state index contributed by atoms with van der Waals surface area (Å²) in [4.78, 5) is 19.3. The summed E-state index contributed by atoms with van der Waals surface area (Å²) in [5.74, 6) is -0.524. The lowest BCUT2D eigenvalue weighted by Crippen LogP contribution is -2.33. The lowest BCUT2D eigenvalue weighted by Gasteiger charge is -2.23. The molecule has 4 nitrogen and oxygen atoms in total. The van der Waals surface area contributed by atoms with Gasteiger partial charge in [0.25, 0.3) is 5.91 Å². The van der Waals surface area contributed by atoms with Gasteiger partial charge < -0.3 is 9.47 Å². The zero-order chi connectivity index (χ0) is 20.8. The van der Waals surface area contributed by atoms with Crippen LogP contribution in [0.1, 0.15) is 55.7 Å². The highest BCUT2D eigenvalue weighted by Crippen LogP contribution is 2.21. The Hall–Kier alpha value is -2.76. The summed E-state index contributed by atoms with van der Waals surface area (Å²) < 4.78 is 29.9. The molecule has 3 aromatic rings. The molecular formula is C23H27F2N3O. The van der Waals surface area contributed by atoms with Gasteiger partial charge in [-0.05, 0) is 37.1 Å². The van der Waals surface area contributed by atoms with Crippen LogP contribution in [0, 0.1) is 11.6 Å². The minimum absolute atomic E-state index is 0.0631. The van der Waals surface area contributed by atoms with Gasteiger partial charge in [0.1, 0.15) is 17.5 Å². The van der Waals surface area contributed by atoms with E-state index in [0.29, 0.717) is 24.4 Å². The Morgan fingerprint density at radius 2 is 1.86 bits per heavy atom. The number of carbonyl (C=O) groups is 1. The third-order valence-electron chi connectivity index (χ3n) is 4.99. The van der Waals surface area contributed by atoms with Crippen molar-refractivity contribution in [1.29, 1.82) is 0 Å². The van der Waals surface area contributed by atoms with Crippen LogP contribution in [0.3, 0.4) is 0 Å². The molecule has 6 heteroatoms. The molecule has 1 aromatic heterocycles. The van der Waals surface area contributed by atoms with Crippen LogP contribution in [0.15, 0.2) is 42.5 Å². The van der Waals surface area contributed by atoms with Crippen LogP contribution in [-0.4, -0.2) is 26.9 Å².